The highest BCUT2D eigenvalue weighted by atomic mass is 35.5. The van der Waals surface area contributed by atoms with Crippen LogP contribution in [0, 0.1) is 0 Å². The van der Waals surface area contributed by atoms with Crippen LogP contribution in [0.25, 0.3) is 10.9 Å². The van der Waals surface area contributed by atoms with E-state index in [0.717, 1.165) is 23.0 Å². The molecule has 0 spiro atoms. The summed E-state index contributed by atoms with van der Waals surface area (Å²) in [7, 11) is 0. The second-order valence-electron chi connectivity index (χ2n) is 3.24. The van der Waals surface area contributed by atoms with Gasteiger partial charge in [0.05, 0.1) is 6.21 Å². The van der Waals surface area contributed by atoms with Gasteiger partial charge in [0.1, 0.15) is 5.15 Å². The van der Waals surface area contributed by atoms with E-state index in [0.29, 0.717) is 5.15 Å². The Morgan fingerprint density at radius 1 is 1.47 bits per heavy atom. The first-order valence-corrected chi connectivity index (χ1v) is 5.17. The van der Waals surface area contributed by atoms with Crippen LogP contribution in [0.4, 0.5) is 0 Å². The molecule has 0 aliphatic heterocycles. The number of hydrogen-bond acceptors (Lipinski definition) is 2. The van der Waals surface area contributed by atoms with Crippen molar-refractivity contribution in [2.75, 3.05) is 0 Å². The maximum Gasteiger partial charge on any atom is 0.118 e. The summed E-state index contributed by atoms with van der Waals surface area (Å²) in [6.07, 6.45) is 1.59. The first-order valence-electron chi connectivity index (χ1n) is 4.79. The van der Waals surface area contributed by atoms with Gasteiger partial charge >= 0.3 is 0 Å². The van der Waals surface area contributed by atoms with Crippen molar-refractivity contribution in [1.29, 1.82) is 0 Å². The SMILES string of the molecule is CCn1c(Cl)c(/C=N/N)c2ccccc21. The molecule has 0 atom stereocenters. The second-order valence-corrected chi connectivity index (χ2v) is 3.60. The Morgan fingerprint density at radius 3 is 2.87 bits per heavy atom. The molecule has 0 unspecified atom stereocenters. The third-order valence-electron chi connectivity index (χ3n) is 2.46. The molecular weight excluding hydrogens is 210 g/mol. The monoisotopic (exact) mass is 221 g/mol. The maximum atomic E-state index is 6.25. The lowest BCUT2D eigenvalue weighted by Gasteiger charge is -2.01. The van der Waals surface area contributed by atoms with Gasteiger partial charge in [-0.05, 0) is 13.0 Å². The Labute approximate surface area is 93.1 Å². The van der Waals surface area contributed by atoms with Crippen LogP contribution in [0.15, 0.2) is 29.4 Å². The van der Waals surface area contributed by atoms with E-state index in [4.69, 9.17) is 17.4 Å². The molecule has 0 saturated heterocycles. The summed E-state index contributed by atoms with van der Waals surface area (Å²) >= 11 is 6.25. The van der Waals surface area contributed by atoms with E-state index in [1.807, 2.05) is 28.8 Å². The van der Waals surface area contributed by atoms with Crippen LogP contribution in [-0.2, 0) is 6.54 Å². The highest BCUT2D eigenvalue weighted by Gasteiger charge is 2.12. The van der Waals surface area contributed by atoms with Gasteiger partial charge in [-0.2, -0.15) is 5.10 Å². The van der Waals surface area contributed by atoms with E-state index in [9.17, 15) is 0 Å². The molecular formula is C11H12ClN3. The Balaban J connectivity index is 2.84. The van der Waals surface area contributed by atoms with Gasteiger partial charge in [0.2, 0.25) is 0 Å². The number of rotatable bonds is 2. The van der Waals surface area contributed by atoms with Crippen molar-refractivity contribution < 1.29 is 0 Å². The van der Waals surface area contributed by atoms with E-state index in [2.05, 4.69) is 12.0 Å². The lowest BCUT2D eigenvalue weighted by atomic mass is 10.2. The third kappa shape index (κ3) is 1.49. The molecule has 2 rings (SSSR count). The number of aryl methyl sites for hydroxylation is 1. The van der Waals surface area contributed by atoms with Crippen LogP contribution >= 0.6 is 11.6 Å². The van der Waals surface area contributed by atoms with Gasteiger partial charge in [0.25, 0.3) is 0 Å². The quantitative estimate of drug-likeness (QED) is 0.473. The first-order chi connectivity index (χ1) is 7.29. The summed E-state index contributed by atoms with van der Waals surface area (Å²) in [6.45, 7) is 2.89. The zero-order valence-corrected chi connectivity index (χ0v) is 9.20. The number of para-hydroxylation sites is 1. The fourth-order valence-corrected chi connectivity index (χ4v) is 2.17. The van der Waals surface area contributed by atoms with Gasteiger partial charge in [0, 0.05) is 23.0 Å². The van der Waals surface area contributed by atoms with Crippen molar-refractivity contribution in [3.8, 4) is 0 Å². The van der Waals surface area contributed by atoms with Crippen LogP contribution in [0.1, 0.15) is 12.5 Å². The molecule has 2 aromatic rings. The summed E-state index contributed by atoms with van der Waals surface area (Å²) in [5.74, 6) is 5.17. The summed E-state index contributed by atoms with van der Waals surface area (Å²) in [5, 5.41) is 5.31. The lowest BCUT2D eigenvalue weighted by molar-refractivity contribution is 0.798. The molecule has 1 aromatic carbocycles. The minimum atomic E-state index is 0.688. The van der Waals surface area contributed by atoms with Crippen LogP contribution < -0.4 is 5.84 Å². The van der Waals surface area contributed by atoms with E-state index in [1.165, 1.54) is 0 Å². The Hall–Kier alpha value is -1.48. The van der Waals surface area contributed by atoms with Crippen molar-refractivity contribution in [3.63, 3.8) is 0 Å². The average molecular weight is 222 g/mol. The highest BCUT2D eigenvalue weighted by Crippen LogP contribution is 2.28. The topological polar surface area (TPSA) is 43.3 Å². The van der Waals surface area contributed by atoms with E-state index >= 15 is 0 Å². The number of hydrogen-bond donors (Lipinski definition) is 1. The normalized spacial score (nSPS) is 11.6. The molecule has 4 heteroatoms. The molecule has 78 valence electrons. The number of nitrogens with two attached hydrogens (primary N) is 1. The van der Waals surface area contributed by atoms with Crippen molar-refractivity contribution in [3.05, 3.63) is 35.0 Å². The van der Waals surface area contributed by atoms with Crippen LogP contribution in [-0.4, -0.2) is 10.8 Å². The van der Waals surface area contributed by atoms with E-state index < -0.39 is 0 Å². The Morgan fingerprint density at radius 2 is 2.20 bits per heavy atom. The van der Waals surface area contributed by atoms with Crippen molar-refractivity contribution in [1.82, 2.24) is 4.57 Å². The van der Waals surface area contributed by atoms with Crippen molar-refractivity contribution in [2.45, 2.75) is 13.5 Å². The molecule has 0 bridgehead atoms. The minimum Gasteiger partial charge on any atom is -0.331 e. The molecule has 3 nitrogen and oxygen atoms in total. The van der Waals surface area contributed by atoms with Gasteiger partial charge in [-0.1, -0.05) is 29.8 Å². The van der Waals surface area contributed by atoms with Crippen molar-refractivity contribution in [2.24, 2.45) is 10.9 Å². The average Bonchev–Trinajstić information content (AvgIpc) is 2.53. The molecule has 0 aliphatic carbocycles. The molecule has 0 fully saturated rings. The number of aromatic nitrogens is 1. The zero-order valence-electron chi connectivity index (χ0n) is 8.44. The maximum absolute atomic E-state index is 6.25. The number of nitrogens with zero attached hydrogens (tertiary/aromatic N) is 2. The zero-order chi connectivity index (χ0) is 10.8. The van der Waals surface area contributed by atoms with Gasteiger partial charge in [-0.25, -0.2) is 0 Å². The molecule has 0 amide bonds. The van der Waals surface area contributed by atoms with E-state index in [-0.39, 0.29) is 0 Å². The largest absolute Gasteiger partial charge is 0.331 e. The van der Waals surface area contributed by atoms with Gasteiger partial charge in [0.15, 0.2) is 0 Å². The summed E-state index contributed by atoms with van der Waals surface area (Å²) in [5.41, 5.74) is 2.00. The molecule has 2 N–H and O–H groups in total. The predicted molar refractivity (Wildman–Crippen MR) is 64.4 cm³/mol. The van der Waals surface area contributed by atoms with Crippen molar-refractivity contribution >= 4 is 28.7 Å². The van der Waals surface area contributed by atoms with Gasteiger partial charge in [-0.3, -0.25) is 0 Å². The number of fused-ring (bicyclic) bond motifs is 1. The minimum absolute atomic E-state index is 0.688. The second kappa shape index (κ2) is 3.95. The fraction of sp³-hybridized carbons (Fsp3) is 0.182. The molecule has 0 aliphatic rings. The molecule has 0 saturated carbocycles. The van der Waals surface area contributed by atoms with Crippen LogP contribution in [0.2, 0.25) is 5.15 Å². The summed E-state index contributed by atoms with van der Waals surface area (Å²) < 4.78 is 2.04. The van der Waals surface area contributed by atoms with Gasteiger partial charge < -0.3 is 10.4 Å². The summed E-state index contributed by atoms with van der Waals surface area (Å²) in [4.78, 5) is 0. The molecule has 15 heavy (non-hydrogen) atoms. The standard InChI is InChI=1S/C11H12ClN3/c1-2-15-10-6-4-3-5-8(10)9(7-14-13)11(15)12/h3-7H,2,13H2,1H3/b14-7+. The van der Waals surface area contributed by atoms with Crippen LogP contribution in [0.3, 0.4) is 0 Å². The smallest absolute Gasteiger partial charge is 0.118 e. The Bertz CT molecular complexity index is 514. The molecule has 1 heterocycles. The van der Waals surface area contributed by atoms with Crippen LogP contribution in [0.5, 0.6) is 0 Å². The molecule has 0 radical (unpaired) electrons. The number of benzene rings is 1. The fourth-order valence-electron chi connectivity index (χ4n) is 1.81. The lowest BCUT2D eigenvalue weighted by Crippen LogP contribution is -1.93. The summed E-state index contributed by atoms with van der Waals surface area (Å²) in [6, 6.07) is 8.03. The predicted octanol–water partition coefficient (Wildman–Crippen LogP) is 2.61. The molecule has 1 aromatic heterocycles. The number of hydrazone groups is 1. The first kappa shape index (κ1) is 10.1. The highest BCUT2D eigenvalue weighted by molar-refractivity contribution is 6.34. The van der Waals surface area contributed by atoms with E-state index in [1.54, 1.807) is 6.21 Å². The van der Waals surface area contributed by atoms with Gasteiger partial charge in [-0.15, -0.1) is 0 Å². The third-order valence-corrected chi connectivity index (χ3v) is 2.87. The number of halogens is 1. The Kier molecular flexibility index (Phi) is 2.64.